The molecule has 0 unspecified atom stereocenters. The van der Waals surface area contributed by atoms with Crippen LogP contribution in [-0.4, -0.2) is 32.1 Å². The maximum absolute atomic E-state index is 11.7. The Bertz CT molecular complexity index is 307. The second-order valence-electron chi connectivity index (χ2n) is 5.10. The molecule has 16 heavy (non-hydrogen) atoms. The monoisotopic (exact) mass is 226 g/mol. The Labute approximate surface area is 95.3 Å². The quantitative estimate of drug-likeness (QED) is 0.526. The largest absolute Gasteiger partial charge is 0.468 e. The van der Waals surface area contributed by atoms with Gasteiger partial charge in [-0.3, -0.25) is 9.59 Å². The molecule has 0 aromatic heterocycles. The summed E-state index contributed by atoms with van der Waals surface area (Å²) in [6, 6.07) is 0. The topological polar surface area (TPSA) is 52.6 Å². The molecule has 1 aliphatic carbocycles. The first-order chi connectivity index (χ1) is 7.55. The number of hydrogen-bond donors (Lipinski definition) is 0. The van der Waals surface area contributed by atoms with E-state index >= 15 is 0 Å². The molecule has 1 aliphatic heterocycles. The predicted molar refractivity (Wildman–Crippen MR) is 56.9 cm³/mol. The van der Waals surface area contributed by atoms with E-state index in [2.05, 4.69) is 0 Å². The molecule has 4 heteroatoms. The van der Waals surface area contributed by atoms with Crippen LogP contribution >= 0.6 is 0 Å². The molecule has 0 amide bonds. The maximum atomic E-state index is 11.7. The average molecular weight is 226 g/mol. The Balaban J connectivity index is 2.11. The average Bonchev–Trinajstić information content (AvgIpc) is 2.25. The van der Waals surface area contributed by atoms with Gasteiger partial charge in [0, 0.05) is 13.2 Å². The Hall–Kier alpha value is -0.900. The second kappa shape index (κ2) is 3.84. The molecule has 1 spiro atoms. The molecule has 2 rings (SSSR count). The number of carbonyl (C=O) groups is 2. The Kier molecular flexibility index (Phi) is 2.78. The minimum absolute atomic E-state index is 0.0588. The summed E-state index contributed by atoms with van der Waals surface area (Å²) in [5, 5.41) is 0. The number of hydrogen-bond acceptors (Lipinski definition) is 4. The minimum Gasteiger partial charge on any atom is -0.468 e. The number of carbonyl (C=O) groups excluding carboxylic acids is 2. The molecule has 1 saturated heterocycles. The first kappa shape index (κ1) is 11.6. The summed E-state index contributed by atoms with van der Waals surface area (Å²) in [7, 11) is 1.35. The van der Waals surface area contributed by atoms with E-state index in [-0.39, 0.29) is 17.2 Å². The lowest BCUT2D eigenvalue weighted by Crippen LogP contribution is -2.57. The van der Waals surface area contributed by atoms with Crippen LogP contribution < -0.4 is 0 Å². The van der Waals surface area contributed by atoms with E-state index in [9.17, 15) is 9.59 Å². The lowest BCUT2D eigenvalue weighted by molar-refractivity contribution is -0.181. The number of rotatable bonds is 2. The maximum Gasteiger partial charge on any atom is 0.319 e. The fourth-order valence-corrected chi connectivity index (χ4v) is 3.12. The molecule has 0 aromatic carbocycles. The lowest BCUT2D eigenvalue weighted by atomic mass is 9.49. The van der Waals surface area contributed by atoms with Gasteiger partial charge in [0.25, 0.3) is 0 Å². The Morgan fingerprint density at radius 3 is 2.19 bits per heavy atom. The summed E-state index contributed by atoms with van der Waals surface area (Å²) in [6.07, 6.45) is 3.20. The first-order valence-corrected chi connectivity index (χ1v) is 5.72. The van der Waals surface area contributed by atoms with E-state index in [4.69, 9.17) is 9.47 Å². The summed E-state index contributed by atoms with van der Waals surface area (Å²) >= 11 is 0. The van der Waals surface area contributed by atoms with Crippen molar-refractivity contribution in [2.45, 2.75) is 32.6 Å². The van der Waals surface area contributed by atoms with Gasteiger partial charge in [0.1, 0.15) is 11.2 Å². The van der Waals surface area contributed by atoms with E-state index in [1.165, 1.54) is 14.0 Å². The molecule has 2 fully saturated rings. The van der Waals surface area contributed by atoms with Crippen molar-refractivity contribution < 1.29 is 19.1 Å². The summed E-state index contributed by atoms with van der Waals surface area (Å²) in [5.74, 6) is -0.423. The zero-order valence-electron chi connectivity index (χ0n) is 9.88. The molecule has 1 heterocycles. The molecule has 0 radical (unpaired) electrons. The number of methoxy groups -OCH3 is 1. The van der Waals surface area contributed by atoms with Crippen molar-refractivity contribution in [1.82, 2.24) is 0 Å². The summed E-state index contributed by atoms with van der Waals surface area (Å²) in [5.41, 5.74) is -0.704. The van der Waals surface area contributed by atoms with Crippen LogP contribution in [0.4, 0.5) is 0 Å². The van der Waals surface area contributed by atoms with Crippen molar-refractivity contribution in [3.05, 3.63) is 0 Å². The molecule has 1 saturated carbocycles. The highest BCUT2D eigenvalue weighted by molar-refractivity contribution is 6.03. The van der Waals surface area contributed by atoms with Gasteiger partial charge in [-0.1, -0.05) is 0 Å². The van der Waals surface area contributed by atoms with Crippen LogP contribution in [0.3, 0.4) is 0 Å². The van der Waals surface area contributed by atoms with Crippen molar-refractivity contribution in [2.24, 2.45) is 10.8 Å². The van der Waals surface area contributed by atoms with Crippen LogP contribution in [0.25, 0.3) is 0 Å². The van der Waals surface area contributed by atoms with Gasteiger partial charge >= 0.3 is 5.97 Å². The van der Waals surface area contributed by atoms with Crippen LogP contribution in [0.5, 0.6) is 0 Å². The zero-order valence-corrected chi connectivity index (χ0v) is 9.88. The molecule has 90 valence electrons. The predicted octanol–water partition coefficient (Wildman–Crippen LogP) is 1.33. The molecular formula is C12H18O4. The highest BCUT2D eigenvalue weighted by Crippen LogP contribution is 2.60. The second-order valence-corrected chi connectivity index (χ2v) is 5.10. The van der Waals surface area contributed by atoms with Crippen LogP contribution in [0.1, 0.15) is 32.6 Å². The molecule has 2 aliphatic rings. The smallest absolute Gasteiger partial charge is 0.319 e. The van der Waals surface area contributed by atoms with E-state index in [1.54, 1.807) is 0 Å². The van der Waals surface area contributed by atoms with E-state index in [0.29, 0.717) is 12.8 Å². The van der Waals surface area contributed by atoms with Crippen molar-refractivity contribution in [2.75, 3.05) is 20.3 Å². The molecule has 0 atom stereocenters. The van der Waals surface area contributed by atoms with Gasteiger partial charge in [-0.2, -0.15) is 0 Å². The summed E-state index contributed by atoms with van der Waals surface area (Å²) in [4.78, 5) is 23.4. The van der Waals surface area contributed by atoms with Crippen molar-refractivity contribution in [1.29, 1.82) is 0 Å². The summed E-state index contributed by atoms with van der Waals surface area (Å²) in [6.45, 7) is 2.98. The van der Waals surface area contributed by atoms with Crippen molar-refractivity contribution >= 4 is 11.8 Å². The van der Waals surface area contributed by atoms with E-state index in [1.807, 2.05) is 0 Å². The highest BCUT2D eigenvalue weighted by atomic mass is 16.5. The Morgan fingerprint density at radius 1 is 1.19 bits per heavy atom. The number of ether oxygens (including phenoxy) is 2. The van der Waals surface area contributed by atoms with E-state index in [0.717, 1.165) is 26.1 Å². The van der Waals surface area contributed by atoms with Gasteiger partial charge in [-0.05, 0) is 38.0 Å². The molecule has 0 N–H and O–H groups in total. The van der Waals surface area contributed by atoms with Gasteiger partial charge < -0.3 is 9.47 Å². The van der Waals surface area contributed by atoms with Gasteiger partial charge in [0.2, 0.25) is 0 Å². The van der Waals surface area contributed by atoms with Crippen LogP contribution in [0.2, 0.25) is 0 Å². The van der Waals surface area contributed by atoms with Gasteiger partial charge in [0.15, 0.2) is 0 Å². The molecular weight excluding hydrogens is 208 g/mol. The third-order valence-electron chi connectivity index (χ3n) is 4.16. The Morgan fingerprint density at radius 2 is 1.75 bits per heavy atom. The van der Waals surface area contributed by atoms with E-state index < -0.39 is 5.41 Å². The first-order valence-electron chi connectivity index (χ1n) is 5.72. The summed E-state index contributed by atoms with van der Waals surface area (Å²) < 4.78 is 10.1. The normalized spacial score (nSPS) is 25.9. The van der Waals surface area contributed by atoms with Crippen LogP contribution in [0.15, 0.2) is 0 Å². The van der Waals surface area contributed by atoms with Gasteiger partial charge in [-0.15, -0.1) is 0 Å². The van der Waals surface area contributed by atoms with Crippen LogP contribution in [0, 0.1) is 10.8 Å². The fraction of sp³-hybridized carbons (Fsp3) is 0.833. The van der Waals surface area contributed by atoms with Crippen molar-refractivity contribution in [3.63, 3.8) is 0 Å². The van der Waals surface area contributed by atoms with Crippen LogP contribution in [-0.2, 0) is 19.1 Å². The minimum atomic E-state index is -0.855. The zero-order chi connectivity index (χ0) is 11.8. The molecule has 0 aromatic rings. The fourth-order valence-electron chi connectivity index (χ4n) is 3.12. The van der Waals surface area contributed by atoms with Crippen molar-refractivity contribution in [3.8, 4) is 0 Å². The van der Waals surface area contributed by atoms with Gasteiger partial charge in [-0.25, -0.2) is 0 Å². The standard InChI is InChI=1S/C12H18O4/c1-9(13)12(10(14)15-2)7-11(8-12)3-5-16-6-4-11/h3-8H2,1-2H3. The third-order valence-corrected chi connectivity index (χ3v) is 4.16. The molecule has 0 bridgehead atoms. The molecule has 4 nitrogen and oxygen atoms in total. The number of ketones is 1. The highest BCUT2D eigenvalue weighted by Gasteiger charge is 2.62. The number of esters is 1. The third kappa shape index (κ3) is 1.56. The lowest BCUT2D eigenvalue weighted by Gasteiger charge is -2.54. The number of Topliss-reactive ketones (excluding diaryl/α,β-unsaturated/α-hetero) is 1. The van der Waals surface area contributed by atoms with Gasteiger partial charge in [0.05, 0.1) is 7.11 Å². The SMILES string of the molecule is COC(=O)C1(C(C)=O)CC2(CCOCC2)C1.